The van der Waals surface area contributed by atoms with Crippen molar-refractivity contribution in [1.82, 2.24) is 4.57 Å². The summed E-state index contributed by atoms with van der Waals surface area (Å²) in [7, 11) is -5.68. The zero-order valence-corrected chi connectivity index (χ0v) is 32.0. The molecule has 0 saturated heterocycles. The summed E-state index contributed by atoms with van der Waals surface area (Å²) < 4.78 is 3.53. The van der Waals surface area contributed by atoms with E-state index in [1.54, 1.807) is 0 Å². The second-order valence-corrected chi connectivity index (χ2v) is 22.0. The maximum Gasteiger partial charge on any atom is 0.179 e. The molecule has 8 aromatic carbocycles. The minimum Gasteiger partial charge on any atom is -0.308 e. The lowest BCUT2D eigenvalue weighted by Gasteiger charge is -2.48. The van der Waals surface area contributed by atoms with Crippen molar-refractivity contribution in [2.75, 3.05) is 0 Å². The highest BCUT2D eigenvalue weighted by Crippen LogP contribution is 2.34. The number of hydrogen-bond acceptors (Lipinski definition) is 0. The fraction of sp³-hybridized carbons (Fsp3) is 0. The van der Waals surface area contributed by atoms with E-state index >= 15 is 0 Å². The van der Waals surface area contributed by atoms with Gasteiger partial charge in [-0.05, 0) is 81.7 Å². The van der Waals surface area contributed by atoms with E-state index in [0.717, 1.165) is 10.2 Å². The number of rotatable bonds is 5. The molecule has 0 aliphatic carbocycles. The fourth-order valence-corrected chi connectivity index (χ4v) is 21.8. The summed E-state index contributed by atoms with van der Waals surface area (Å²) in [6, 6.07) is 78.0. The Bertz CT molecular complexity index is 2670. The monoisotopic (exact) mass is 759 g/mol. The molecule has 4 heteroatoms. The summed E-state index contributed by atoms with van der Waals surface area (Å²) in [6.45, 7) is 0. The molecule has 0 bridgehead atoms. The van der Waals surface area contributed by atoms with Crippen LogP contribution in [0, 0.1) is 0 Å². The number of benzene rings is 8. The molecule has 0 atom stereocenters. The Kier molecular flexibility index (Phi) is 7.39. The number of halogens is 1. The third kappa shape index (κ3) is 4.32. The highest BCUT2D eigenvalue weighted by atomic mass is 79.9. The molecule has 1 nitrogen and oxygen atoms in total. The Hall–Kier alpha value is -5.53. The zero-order chi connectivity index (χ0) is 34.7. The van der Waals surface area contributed by atoms with Crippen molar-refractivity contribution in [3.8, 4) is 5.69 Å². The predicted octanol–water partition coefficient (Wildman–Crippen LogP) is 6.61. The number of nitrogens with zero attached hydrogens (tertiary/aromatic N) is 1. The van der Waals surface area contributed by atoms with Crippen LogP contribution in [-0.2, 0) is 0 Å². The summed E-state index contributed by atoms with van der Waals surface area (Å²) in [5.41, 5.74) is 3.58. The number of fused-ring (bicyclic) bond motifs is 5. The van der Waals surface area contributed by atoms with Crippen LogP contribution in [0.4, 0.5) is 0 Å². The highest BCUT2D eigenvalue weighted by molar-refractivity contribution is 9.10. The SMILES string of the molecule is Brc1ccccc1-n1c2ccccc2c2ccc([Si]3(c4ccccc4)c4ccccc4[Si](c4ccccc4)(c4ccccc4)c4ccccc43)cc21. The molecule has 9 aromatic rings. The Balaban J connectivity index is 1.39. The van der Waals surface area contributed by atoms with E-state index in [4.69, 9.17) is 0 Å². The topological polar surface area (TPSA) is 4.93 Å². The van der Waals surface area contributed by atoms with Crippen LogP contribution >= 0.6 is 15.9 Å². The predicted molar refractivity (Wildman–Crippen MR) is 229 cm³/mol. The van der Waals surface area contributed by atoms with E-state index in [0.29, 0.717) is 0 Å². The lowest BCUT2D eigenvalue weighted by molar-refractivity contribution is 1.17. The molecule has 1 aromatic heterocycles. The minimum absolute atomic E-state index is 1.08. The van der Waals surface area contributed by atoms with Crippen LogP contribution in [0.2, 0.25) is 0 Å². The van der Waals surface area contributed by atoms with Gasteiger partial charge >= 0.3 is 0 Å². The number of para-hydroxylation sites is 2. The first-order valence-corrected chi connectivity index (χ1v) is 22.7. The molecule has 0 saturated carbocycles. The average molecular weight is 761 g/mol. The molecule has 10 rings (SSSR count). The van der Waals surface area contributed by atoms with Gasteiger partial charge in [0.25, 0.3) is 0 Å². The third-order valence-corrected chi connectivity index (χ3v) is 22.2. The standard InChI is InChI=1S/C48H34BrNSi2/c49-41-25-11-13-27-43(41)50-42-26-12-10-24-39(42)40-33-32-38(34-44(40)50)52(37-22-8-3-9-23-37)47-30-16-14-28-45(47)51(35-18-4-1-5-19-35,36-20-6-2-7-21-36)46-29-15-17-31-48(46)52/h1-34H. The second kappa shape index (κ2) is 12.3. The molecule has 0 amide bonds. The van der Waals surface area contributed by atoms with Crippen LogP contribution in [0.3, 0.4) is 0 Å². The van der Waals surface area contributed by atoms with E-state index in [1.807, 2.05) is 0 Å². The van der Waals surface area contributed by atoms with Gasteiger partial charge in [0.1, 0.15) is 0 Å². The first-order chi connectivity index (χ1) is 25.7. The third-order valence-electron chi connectivity index (χ3n) is 11.3. The van der Waals surface area contributed by atoms with Crippen LogP contribution in [0.1, 0.15) is 0 Å². The summed E-state index contributed by atoms with van der Waals surface area (Å²) in [5.74, 6) is 0. The van der Waals surface area contributed by atoms with Gasteiger partial charge in [0, 0.05) is 15.2 Å². The normalized spacial score (nSPS) is 14.2. The average Bonchev–Trinajstić information content (AvgIpc) is 3.54. The minimum atomic E-state index is -2.92. The maximum atomic E-state index is 3.92. The maximum absolute atomic E-state index is 3.92. The Morgan fingerprint density at radius 3 is 1.25 bits per heavy atom. The largest absolute Gasteiger partial charge is 0.308 e. The van der Waals surface area contributed by atoms with Gasteiger partial charge in [0.05, 0.1) is 16.7 Å². The van der Waals surface area contributed by atoms with Crippen molar-refractivity contribution in [2.45, 2.75) is 0 Å². The summed E-state index contributed by atoms with van der Waals surface area (Å²) in [4.78, 5) is 0. The fourth-order valence-electron chi connectivity index (χ4n) is 9.30. The number of aromatic nitrogens is 1. The van der Waals surface area contributed by atoms with Crippen molar-refractivity contribution in [3.05, 3.63) is 211 Å². The van der Waals surface area contributed by atoms with E-state index in [-0.39, 0.29) is 0 Å². The highest BCUT2D eigenvalue weighted by Gasteiger charge is 2.56. The Morgan fingerprint density at radius 1 is 0.327 bits per heavy atom. The van der Waals surface area contributed by atoms with Crippen molar-refractivity contribution in [1.29, 1.82) is 0 Å². The van der Waals surface area contributed by atoms with E-state index < -0.39 is 16.1 Å². The lowest BCUT2D eigenvalue weighted by Crippen LogP contribution is -2.93. The van der Waals surface area contributed by atoms with Crippen LogP contribution < -0.4 is 41.5 Å². The molecule has 0 radical (unpaired) electrons. The smallest absolute Gasteiger partial charge is 0.179 e. The quantitative estimate of drug-likeness (QED) is 0.174. The van der Waals surface area contributed by atoms with Crippen molar-refractivity contribution in [3.63, 3.8) is 0 Å². The molecule has 246 valence electrons. The van der Waals surface area contributed by atoms with Crippen LogP contribution in [0.5, 0.6) is 0 Å². The number of hydrogen-bond donors (Lipinski definition) is 0. The molecule has 52 heavy (non-hydrogen) atoms. The Morgan fingerprint density at radius 2 is 0.731 bits per heavy atom. The van der Waals surface area contributed by atoms with Gasteiger partial charge in [-0.3, -0.25) is 0 Å². The van der Waals surface area contributed by atoms with Gasteiger partial charge < -0.3 is 4.57 Å². The van der Waals surface area contributed by atoms with Gasteiger partial charge in [-0.25, -0.2) is 0 Å². The molecule has 2 heterocycles. The van der Waals surface area contributed by atoms with Gasteiger partial charge in [-0.2, -0.15) is 0 Å². The first kappa shape index (κ1) is 31.2. The summed E-state index contributed by atoms with van der Waals surface area (Å²) >= 11 is 3.92. The molecule has 0 unspecified atom stereocenters. The Labute approximate surface area is 314 Å². The van der Waals surface area contributed by atoms with E-state index in [9.17, 15) is 0 Å². The zero-order valence-electron chi connectivity index (χ0n) is 28.5. The molecule has 0 fully saturated rings. The van der Waals surface area contributed by atoms with Gasteiger partial charge in [-0.1, -0.05) is 182 Å². The second-order valence-electron chi connectivity index (χ2n) is 13.7. The van der Waals surface area contributed by atoms with Gasteiger partial charge in [0.15, 0.2) is 16.1 Å². The van der Waals surface area contributed by atoms with Crippen LogP contribution in [0.25, 0.3) is 27.5 Å². The molecular weight excluding hydrogens is 727 g/mol. The molecule has 0 N–H and O–H groups in total. The molecule has 1 aliphatic rings. The van der Waals surface area contributed by atoms with Gasteiger partial charge in [0.2, 0.25) is 0 Å². The van der Waals surface area contributed by atoms with Crippen molar-refractivity contribution >= 4 is 95.4 Å². The van der Waals surface area contributed by atoms with E-state index in [1.165, 1.54) is 63.3 Å². The molecule has 1 aliphatic heterocycles. The first-order valence-electron chi connectivity index (χ1n) is 17.9. The molecular formula is C48H34BrNSi2. The summed E-state index contributed by atoms with van der Waals surface area (Å²) in [5, 5.41) is 14.1. The van der Waals surface area contributed by atoms with Crippen LogP contribution in [-0.4, -0.2) is 20.7 Å². The van der Waals surface area contributed by atoms with Crippen molar-refractivity contribution in [2.24, 2.45) is 0 Å². The van der Waals surface area contributed by atoms with E-state index in [2.05, 4.69) is 227 Å². The van der Waals surface area contributed by atoms with Gasteiger partial charge in [-0.15, -0.1) is 0 Å². The molecule has 0 spiro atoms. The summed E-state index contributed by atoms with van der Waals surface area (Å²) in [6.07, 6.45) is 0. The van der Waals surface area contributed by atoms with Crippen LogP contribution in [0.15, 0.2) is 211 Å². The van der Waals surface area contributed by atoms with Crippen molar-refractivity contribution < 1.29 is 0 Å². The lowest BCUT2D eigenvalue weighted by atomic mass is 10.1.